The molecule has 104 valence electrons. The van der Waals surface area contributed by atoms with Gasteiger partial charge in [-0.1, -0.05) is 0 Å². The Balaban J connectivity index is 1.92. The van der Waals surface area contributed by atoms with Crippen LogP contribution in [0, 0.1) is 0 Å². The minimum atomic E-state index is -2.91. The van der Waals surface area contributed by atoms with E-state index in [1.54, 1.807) is 0 Å². The van der Waals surface area contributed by atoms with E-state index in [0.29, 0.717) is 19.1 Å². The Labute approximate surface area is 108 Å². The summed E-state index contributed by atoms with van der Waals surface area (Å²) in [6.07, 6.45) is 2.18. The molecule has 1 heterocycles. The van der Waals surface area contributed by atoms with Crippen LogP contribution in [-0.2, 0) is 14.6 Å². The van der Waals surface area contributed by atoms with Gasteiger partial charge in [-0.15, -0.1) is 0 Å². The molecule has 0 bridgehead atoms. The van der Waals surface area contributed by atoms with Crippen molar-refractivity contribution in [2.75, 3.05) is 24.6 Å². The lowest BCUT2D eigenvalue weighted by Crippen LogP contribution is -2.55. The average molecular weight is 275 g/mol. The molecule has 2 rings (SSSR count). The Kier molecular flexibility index (Phi) is 3.93. The standard InChI is InChI=1S/C11H21N3O3S/c1-8-7-18(16,17)5-4-14(8)6-10(11(12)15)13-9-2-3-9/h8-10,13H,2-7H2,1H3,(H2,12,15). The quantitative estimate of drug-likeness (QED) is 0.651. The highest BCUT2D eigenvalue weighted by atomic mass is 32.2. The number of rotatable bonds is 5. The number of nitrogens with two attached hydrogens (primary N) is 1. The van der Waals surface area contributed by atoms with Gasteiger partial charge in [-0.05, 0) is 19.8 Å². The molecule has 0 spiro atoms. The van der Waals surface area contributed by atoms with Gasteiger partial charge >= 0.3 is 0 Å². The lowest BCUT2D eigenvalue weighted by atomic mass is 10.2. The second-order valence-electron chi connectivity index (χ2n) is 5.35. The fourth-order valence-corrected chi connectivity index (χ4v) is 3.92. The number of carbonyl (C=O) groups excluding carboxylic acids is 1. The molecule has 1 amide bonds. The Morgan fingerprint density at radius 1 is 1.50 bits per heavy atom. The van der Waals surface area contributed by atoms with Gasteiger partial charge in [-0.25, -0.2) is 8.42 Å². The molecule has 2 aliphatic rings. The van der Waals surface area contributed by atoms with Crippen LogP contribution in [-0.4, -0.2) is 61.9 Å². The summed E-state index contributed by atoms with van der Waals surface area (Å²) in [6.45, 7) is 2.87. The number of carbonyl (C=O) groups is 1. The highest BCUT2D eigenvalue weighted by molar-refractivity contribution is 7.91. The van der Waals surface area contributed by atoms with Crippen molar-refractivity contribution in [3.05, 3.63) is 0 Å². The van der Waals surface area contributed by atoms with Crippen LogP contribution < -0.4 is 11.1 Å². The van der Waals surface area contributed by atoms with E-state index in [1.807, 2.05) is 11.8 Å². The largest absolute Gasteiger partial charge is 0.368 e. The van der Waals surface area contributed by atoms with E-state index >= 15 is 0 Å². The third kappa shape index (κ3) is 3.66. The molecule has 1 saturated carbocycles. The van der Waals surface area contributed by atoms with Gasteiger partial charge in [0, 0.05) is 25.2 Å². The van der Waals surface area contributed by atoms with Crippen LogP contribution in [0.3, 0.4) is 0 Å². The molecule has 18 heavy (non-hydrogen) atoms. The minimum absolute atomic E-state index is 0.0494. The van der Waals surface area contributed by atoms with Gasteiger partial charge < -0.3 is 11.1 Å². The van der Waals surface area contributed by atoms with Crippen molar-refractivity contribution in [2.24, 2.45) is 5.73 Å². The molecule has 0 radical (unpaired) electrons. The van der Waals surface area contributed by atoms with Crippen LogP contribution in [0.1, 0.15) is 19.8 Å². The van der Waals surface area contributed by atoms with Crippen LogP contribution in [0.4, 0.5) is 0 Å². The highest BCUT2D eigenvalue weighted by Crippen LogP contribution is 2.20. The smallest absolute Gasteiger partial charge is 0.235 e. The predicted octanol–water partition coefficient (Wildman–Crippen LogP) is -1.29. The molecule has 2 unspecified atom stereocenters. The molecule has 3 N–H and O–H groups in total. The maximum absolute atomic E-state index is 11.5. The van der Waals surface area contributed by atoms with E-state index in [0.717, 1.165) is 12.8 Å². The molecule has 0 aromatic carbocycles. The Hall–Kier alpha value is -0.660. The molecule has 0 aromatic rings. The summed E-state index contributed by atoms with van der Waals surface area (Å²) >= 11 is 0. The number of amides is 1. The first kappa shape index (κ1) is 13.8. The van der Waals surface area contributed by atoms with Crippen LogP contribution in [0.5, 0.6) is 0 Å². The van der Waals surface area contributed by atoms with Crippen molar-refractivity contribution in [3.8, 4) is 0 Å². The molecular formula is C11H21N3O3S. The normalized spacial score (nSPS) is 29.9. The first-order valence-electron chi connectivity index (χ1n) is 6.37. The van der Waals surface area contributed by atoms with Gasteiger partial charge in [0.05, 0.1) is 17.5 Å². The zero-order valence-corrected chi connectivity index (χ0v) is 11.4. The minimum Gasteiger partial charge on any atom is -0.368 e. The van der Waals surface area contributed by atoms with E-state index in [2.05, 4.69) is 5.32 Å². The third-order valence-corrected chi connectivity index (χ3v) is 5.38. The molecular weight excluding hydrogens is 254 g/mol. The summed E-state index contributed by atoms with van der Waals surface area (Å²) < 4.78 is 23.0. The van der Waals surface area contributed by atoms with Crippen molar-refractivity contribution in [1.82, 2.24) is 10.2 Å². The highest BCUT2D eigenvalue weighted by Gasteiger charge is 2.33. The van der Waals surface area contributed by atoms with Crippen molar-refractivity contribution in [3.63, 3.8) is 0 Å². The fourth-order valence-electron chi connectivity index (χ4n) is 2.30. The third-order valence-electron chi connectivity index (χ3n) is 3.58. The predicted molar refractivity (Wildman–Crippen MR) is 68.8 cm³/mol. The van der Waals surface area contributed by atoms with Crippen molar-refractivity contribution in [2.45, 2.75) is 37.9 Å². The number of primary amides is 1. The number of nitrogens with zero attached hydrogens (tertiary/aromatic N) is 1. The van der Waals surface area contributed by atoms with E-state index in [-0.39, 0.29) is 29.5 Å². The van der Waals surface area contributed by atoms with E-state index in [9.17, 15) is 13.2 Å². The summed E-state index contributed by atoms with van der Waals surface area (Å²) in [5.74, 6) is -0.0173. The van der Waals surface area contributed by atoms with Gasteiger partial charge in [-0.2, -0.15) is 0 Å². The summed E-state index contributed by atoms with van der Waals surface area (Å²) in [6, 6.07) is -0.0151. The zero-order chi connectivity index (χ0) is 13.3. The summed E-state index contributed by atoms with van der Waals surface area (Å²) in [5, 5.41) is 3.21. The van der Waals surface area contributed by atoms with Crippen LogP contribution in [0.25, 0.3) is 0 Å². The van der Waals surface area contributed by atoms with Crippen LogP contribution in [0.15, 0.2) is 0 Å². The lowest BCUT2D eigenvalue weighted by Gasteiger charge is -2.35. The van der Waals surface area contributed by atoms with Gasteiger partial charge in [-0.3, -0.25) is 9.69 Å². The Bertz CT molecular complexity index is 419. The second kappa shape index (κ2) is 5.14. The monoisotopic (exact) mass is 275 g/mol. The Morgan fingerprint density at radius 3 is 2.67 bits per heavy atom. The van der Waals surface area contributed by atoms with Crippen molar-refractivity contribution < 1.29 is 13.2 Å². The number of hydrogen-bond acceptors (Lipinski definition) is 5. The SMILES string of the molecule is CC1CS(=O)(=O)CCN1CC(NC1CC1)C(N)=O. The summed E-state index contributed by atoms with van der Waals surface area (Å²) in [5.41, 5.74) is 5.38. The molecule has 6 nitrogen and oxygen atoms in total. The zero-order valence-electron chi connectivity index (χ0n) is 10.6. The van der Waals surface area contributed by atoms with E-state index < -0.39 is 9.84 Å². The van der Waals surface area contributed by atoms with Gasteiger partial charge in [0.15, 0.2) is 9.84 Å². The van der Waals surface area contributed by atoms with E-state index in [4.69, 9.17) is 5.73 Å². The van der Waals surface area contributed by atoms with Gasteiger partial charge in [0.2, 0.25) is 5.91 Å². The lowest BCUT2D eigenvalue weighted by molar-refractivity contribution is -0.120. The molecule has 1 aliphatic carbocycles. The number of sulfone groups is 1. The fraction of sp³-hybridized carbons (Fsp3) is 0.909. The van der Waals surface area contributed by atoms with E-state index in [1.165, 1.54) is 0 Å². The average Bonchev–Trinajstić information content (AvgIpc) is 3.03. The molecule has 1 saturated heterocycles. The topological polar surface area (TPSA) is 92.5 Å². The summed E-state index contributed by atoms with van der Waals surface area (Å²) in [4.78, 5) is 13.4. The van der Waals surface area contributed by atoms with Gasteiger partial charge in [0.1, 0.15) is 0 Å². The second-order valence-corrected chi connectivity index (χ2v) is 7.58. The van der Waals surface area contributed by atoms with Crippen LogP contribution >= 0.6 is 0 Å². The van der Waals surface area contributed by atoms with Gasteiger partial charge in [0.25, 0.3) is 0 Å². The molecule has 7 heteroatoms. The maximum Gasteiger partial charge on any atom is 0.235 e. The molecule has 2 fully saturated rings. The van der Waals surface area contributed by atoms with Crippen LogP contribution in [0.2, 0.25) is 0 Å². The van der Waals surface area contributed by atoms with Crippen molar-refractivity contribution >= 4 is 15.7 Å². The number of hydrogen-bond donors (Lipinski definition) is 2. The maximum atomic E-state index is 11.5. The Morgan fingerprint density at radius 2 is 2.17 bits per heavy atom. The first-order valence-corrected chi connectivity index (χ1v) is 8.19. The molecule has 1 aliphatic heterocycles. The molecule has 2 atom stereocenters. The van der Waals surface area contributed by atoms with Crippen molar-refractivity contribution in [1.29, 1.82) is 0 Å². The molecule has 0 aromatic heterocycles. The number of nitrogens with one attached hydrogen (secondary N) is 1. The first-order chi connectivity index (χ1) is 8.37. The summed E-state index contributed by atoms with van der Waals surface area (Å²) in [7, 11) is -2.91.